The van der Waals surface area contributed by atoms with Crippen LogP contribution >= 0.6 is 0 Å². The number of aliphatic carboxylic acids is 1. The summed E-state index contributed by atoms with van der Waals surface area (Å²) in [4.78, 5) is 26.2. The Hall–Kier alpha value is -1.10. The van der Waals surface area contributed by atoms with Crippen LogP contribution in [0.15, 0.2) is 0 Å². The van der Waals surface area contributed by atoms with E-state index in [-0.39, 0.29) is 0 Å². The second-order valence-corrected chi connectivity index (χ2v) is 4.59. The summed E-state index contributed by atoms with van der Waals surface area (Å²) in [5.41, 5.74) is -1.73. The Balaban J connectivity index is 3.05. The fourth-order valence-corrected chi connectivity index (χ4v) is 2.80. The SMILES string of the molecule is CCCC1(C(=O)OO)C(C(=O)O)C1(C)C. The minimum Gasteiger partial charge on any atom is -0.481 e. The molecule has 1 saturated carbocycles. The van der Waals surface area contributed by atoms with Gasteiger partial charge in [-0.15, -0.1) is 0 Å². The van der Waals surface area contributed by atoms with Crippen LogP contribution in [0.4, 0.5) is 0 Å². The molecule has 2 N–H and O–H groups in total. The summed E-state index contributed by atoms with van der Waals surface area (Å²) >= 11 is 0. The molecular formula is C10H16O5. The molecule has 0 bridgehead atoms. The fraction of sp³-hybridized carbons (Fsp3) is 0.800. The van der Waals surface area contributed by atoms with Crippen molar-refractivity contribution in [2.45, 2.75) is 33.6 Å². The van der Waals surface area contributed by atoms with Gasteiger partial charge in [0, 0.05) is 0 Å². The van der Waals surface area contributed by atoms with Crippen LogP contribution in [0.5, 0.6) is 0 Å². The van der Waals surface area contributed by atoms with E-state index in [9.17, 15) is 9.59 Å². The van der Waals surface area contributed by atoms with Gasteiger partial charge in [-0.1, -0.05) is 27.2 Å². The van der Waals surface area contributed by atoms with E-state index in [1.807, 2.05) is 6.92 Å². The molecule has 0 amide bonds. The van der Waals surface area contributed by atoms with Gasteiger partial charge >= 0.3 is 11.9 Å². The summed E-state index contributed by atoms with van der Waals surface area (Å²) in [5.74, 6) is -2.62. The van der Waals surface area contributed by atoms with Crippen LogP contribution in [0, 0.1) is 16.7 Å². The molecule has 1 aliphatic rings. The van der Waals surface area contributed by atoms with Crippen molar-refractivity contribution in [3.63, 3.8) is 0 Å². The van der Waals surface area contributed by atoms with Crippen LogP contribution in [-0.4, -0.2) is 22.3 Å². The number of carbonyl (C=O) groups excluding carboxylic acids is 1. The molecule has 0 aliphatic heterocycles. The smallest absolute Gasteiger partial charge is 0.349 e. The maximum absolute atomic E-state index is 11.5. The van der Waals surface area contributed by atoms with Gasteiger partial charge in [0.2, 0.25) is 0 Å². The number of carboxylic acids is 1. The lowest BCUT2D eigenvalue weighted by Gasteiger charge is -2.14. The second-order valence-electron chi connectivity index (χ2n) is 4.59. The van der Waals surface area contributed by atoms with Crippen LogP contribution in [0.1, 0.15) is 33.6 Å². The minimum absolute atomic E-state index is 0.413. The molecule has 0 spiro atoms. The van der Waals surface area contributed by atoms with Crippen LogP contribution < -0.4 is 0 Å². The maximum atomic E-state index is 11.5. The molecule has 5 nitrogen and oxygen atoms in total. The number of carbonyl (C=O) groups is 2. The first-order chi connectivity index (χ1) is 6.86. The molecule has 1 fully saturated rings. The normalized spacial score (nSPS) is 32.1. The molecule has 0 aromatic rings. The summed E-state index contributed by atoms with van der Waals surface area (Å²) in [6, 6.07) is 0. The predicted octanol–water partition coefficient (Wildman–Crippen LogP) is 1.53. The molecule has 0 heterocycles. The number of hydrogen-bond donors (Lipinski definition) is 2. The largest absolute Gasteiger partial charge is 0.481 e. The van der Waals surface area contributed by atoms with Crippen LogP contribution in [-0.2, 0) is 14.5 Å². The lowest BCUT2D eigenvalue weighted by molar-refractivity contribution is -0.242. The molecule has 0 saturated heterocycles. The van der Waals surface area contributed by atoms with Gasteiger partial charge in [-0.25, -0.2) is 4.79 Å². The van der Waals surface area contributed by atoms with Gasteiger partial charge in [-0.2, -0.15) is 5.26 Å². The van der Waals surface area contributed by atoms with Gasteiger partial charge < -0.3 is 9.99 Å². The highest BCUT2D eigenvalue weighted by molar-refractivity contribution is 5.92. The van der Waals surface area contributed by atoms with E-state index in [1.54, 1.807) is 13.8 Å². The molecule has 2 unspecified atom stereocenters. The van der Waals surface area contributed by atoms with Crippen molar-refractivity contribution in [2.75, 3.05) is 0 Å². The maximum Gasteiger partial charge on any atom is 0.349 e. The minimum atomic E-state index is -1.07. The number of hydrogen-bond acceptors (Lipinski definition) is 4. The van der Waals surface area contributed by atoms with Crippen molar-refractivity contribution < 1.29 is 24.8 Å². The highest BCUT2D eigenvalue weighted by atomic mass is 17.1. The Labute approximate surface area is 88.0 Å². The molecule has 2 atom stereocenters. The van der Waals surface area contributed by atoms with Gasteiger partial charge in [0.15, 0.2) is 0 Å². The Bertz CT molecular complexity index is 296. The molecule has 0 aromatic carbocycles. The molecular weight excluding hydrogens is 200 g/mol. The number of carboxylic acid groups (broad SMARTS) is 1. The average Bonchev–Trinajstić information content (AvgIpc) is 2.63. The first kappa shape index (κ1) is 12.0. The van der Waals surface area contributed by atoms with Crippen molar-refractivity contribution >= 4 is 11.9 Å². The van der Waals surface area contributed by atoms with Crippen molar-refractivity contribution in [1.29, 1.82) is 0 Å². The Morgan fingerprint density at radius 3 is 2.20 bits per heavy atom. The van der Waals surface area contributed by atoms with Crippen molar-refractivity contribution in [1.82, 2.24) is 0 Å². The Morgan fingerprint density at radius 1 is 1.40 bits per heavy atom. The average molecular weight is 216 g/mol. The van der Waals surface area contributed by atoms with Gasteiger partial charge in [-0.05, 0) is 11.8 Å². The first-order valence-electron chi connectivity index (χ1n) is 4.95. The monoisotopic (exact) mass is 216 g/mol. The zero-order chi connectivity index (χ0) is 11.9. The van der Waals surface area contributed by atoms with Gasteiger partial charge in [0.05, 0.1) is 11.3 Å². The zero-order valence-electron chi connectivity index (χ0n) is 9.11. The van der Waals surface area contributed by atoms with E-state index in [1.165, 1.54) is 0 Å². The standard InChI is InChI=1S/C10H16O5/c1-4-5-10(8(13)15-14)6(7(11)12)9(10,2)3/h6,14H,4-5H2,1-3H3,(H,11,12). The highest BCUT2D eigenvalue weighted by Crippen LogP contribution is 2.71. The predicted molar refractivity (Wildman–Crippen MR) is 51.0 cm³/mol. The van der Waals surface area contributed by atoms with E-state index in [0.29, 0.717) is 12.8 Å². The molecule has 0 aromatic heterocycles. The molecule has 86 valence electrons. The molecule has 1 aliphatic carbocycles. The van der Waals surface area contributed by atoms with E-state index in [0.717, 1.165) is 0 Å². The highest BCUT2D eigenvalue weighted by Gasteiger charge is 2.79. The van der Waals surface area contributed by atoms with E-state index >= 15 is 0 Å². The second kappa shape index (κ2) is 3.48. The lowest BCUT2D eigenvalue weighted by atomic mass is 9.91. The van der Waals surface area contributed by atoms with Gasteiger partial charge in [0.1, 0.15) is 0 Å². The summed E-state index contributed by atoms with van der Waals surface area (Å²) in [6.45, 7) is 5.27. The molecule has 5 heteroatoms. The first-order valence-corrected chi connectivity index (χ1v) is 4.95. The van der Waals surface area contributed by atoms with Crippen molar-refractivity contribution in [2.24, 2.45) is 16.7 Å². The van der Waals surface area contributed by atoms with Crippen molar-refractivity contribution in [3.8, 4) is 0 Å². The van der Waals surface area contributed by atoms with E-state index in [4.69, 9.17) is 10.4 Å². The summed E-state index contributed by atoms with van der Waals surface area (Å²) < 4.78 is 0. The third-order valence-corrected chi connectivity index (χ3v) is 3.62. The molecule has 1 rings (SSSR count). The molecule has 0 radical (unpaired) electrons. The number of rotatable bonds is 4. The summed E-state index contributed by atoms with van der Waals surface area (Å²) in [5, 5.41) is 17.4. The third-order valence-electron chi connectivity index (χ3n) is 3.62. The topological polar surface area (TPSA) is 83.8 Å². The van der Waals surface area contributed by atoms with Gasteiger partial charge in [-0.3, -0.25) is 4.79 Å². The quantitative estimate of drug-likeness (QED) is 0.550. The van der Waals surface area contributed by atoms with Crippen LogP contribution in [0.3, 0.4) is 0 Å². The van der Waals surface area contributed by atoms with E-state index < -0.39 is 28.7 Å². The lowest BCUT2D eigenvalue weighted by Crippen LogP contribution is -2.24. The zero-order valence-corrected chi connectivity index (χ0v) is 9.11. The fourth-order valence-electron chi connectivity index (χ4n) is 2.80. The summed E-state index contributed by atoms with van der Waals surface area (Å²) in [7, 11) is 0. The van der Waals surface area contributed by atoms with E-state index in [2.05, 4.69) is 4.89 Å². The van der Waals surface area contributed by atoms with Gasteiger partial charge in [0.25, 0.3) is 0 Å². The Morgan fingerprint density at radius 2 is 1.93 bits per heavy atom. The van der Waals surface area contributed by atoms with Crippen LogP contribution in [0.2, 0.25) is 0 Å². The van der Waals surface area contributed by atoms with Crippen LogP contribution in [0.25, 0.3) is 0 Å². The van der Waals surface area contributed by atoms with Crippen molar-refractivity contribution in [3.05, 3.63) is 0 Å². The molecule has 15 heavy (non-hydrogen) atoms. The third kappa shape index (κ3) is 1.33. The summed E-state index contributed by atoms with van der Waals surface area (Å²) in [6.07, 6.45) is 1.08. The Kier molecular flexibility index (Phi) is 2.78.